The molecule has 1 aliphatic carbocycles. The number of hydrogen-bond acceptors (Lipinski definition) is 4. The molecule has 0 amide bonds. The summed E-state index contributed by atoms with van der Waals surface area (Å²) in [6, 6.07) is 4.12. The van der Waals surface area contributed by atoms with E-state index in [9.17, 15) is 4.79 Å². The SMILES string of the molecule is Cc1cc2cc(CC(=O)C3CC3)cnc2[nH]1.O=C=O. The number of aromatic amines is 1. The predicted octanol–water partition coefficient (Wildman–Crippen LogP) is 1.81. The quantitative estimate of drug-likeness (QED) is 0.910. The van der Waals surface area contributed by atoms with Gasteiger partial charge in [0, 0.05) is 29.6 Å². The lowest BCUT2D eigenvalue weighted by Gasteiger charge is -1.99. The average Bonchev–Trinajstić information content (AvgIpc) is 3.12. The van der Waals surface area contributed by atoms with Crippen molar-refractivity contribution in [3.8, 4) is 0 Å². The Morgan fingerprint density at radius 3 is 2.74 bits per heavy atom. The lowest BCUT2D eigenvalue weighted by Crippen LogP contribution is -2.04. The molecule has 1 N–H and O–H groups in total. The van der Waals surface area contributed by atoms with Crippen LogP contribution in [0.25, 0.3) is 11.0 Å². The fraction of sp³-hybridized carbons (Fsp3) is 0.357. The van der Waals surface area contributed by atoms with Crippen LogP contribution in [0.15, 0.2) is 18.3 Å². The second-order valence-corrected chi connectivity index (χ2v) is 4.73. The molecule has 2 heterocycles. The molecule has 5 heteroatoms. The topological polar surface area (TPSA) is 79.9 Å². The number of nitrogens with zero attached hydrogens (tertiary/aromatic N) is 1. The van der Waals surface area contributed by atoms with Gasteiger partial charge in [-0.1, -0.05) is 0 Å². The van der Waals surface area contributed by atoms with Crippen molar-refractivity contribution in [2.45, 2.75) is 26.2 Å². The van der Waals surface area contributed by atoms with Gasteiger partial charge in [-0.05, 0) is 37.5 Å². The summed E-state index contributed by atoms with van der Waals surface area (Å²) in [7, 11) is 0. The minimum Gasteiger partial charge on any atom is -0.344 e. The van der Waals surface area contributed by atoms with Crippen molar-refractivity contribution < 1.29 is 14.4 Å². The molecule has 1 saturated carbocycles. The van der Waals surface area contributed by atoms with Gasteiger partial charge in [0.05, 0.1) is 0 Å². The second-order valence-electron chi connectivity index (χ2n) is 4.73. The highest BCUT2D eigenvalue weighted by atomic mass is 16.2. The Balaban J connectivity index is 0.000000408. The van der Waals surface area contributed by atoms with Gasteiger partial charge in [0.1, 0.15) is 11.4 Å². The molecule has 0 bridgehead atoms. The van der Waals surface area contributed by atoms with Gasteiger partial charge in [0.25, 0.3) is 0 Å². The van der Waals surface area contributed by atoms with Crippen molar-refractivity contribution in [2.75, 3.05) is 0 Å². The molecule has 0 saturated heterocycles. The van der Waals surface area contributed by atoms with Crippen LogP contribution in [0.1, 0.15) is 24.1 Å². The number of pyridine rings is 1. The van der Waals surface area contributed by atoms with Crippen molar-refractivity contribution >= 4 is 23.0 Å². The summed E-state index contributed by atoms with van der Waals surface area (Å²) in [6.45, 7) is 2.01. The lowest BCUT2D eigenvalue weighted by atomic mass is 10.1. The number of carbonyl (C=O) groups excluding carboxylic acids is 3. The van der Waals surface area contributed by atoms with Gasteiger partial charge in [-0.25, -0.2) is 4.98 Å². The molecule has 0 radical (unpaired) electrons. The number of aromatic nitrogens is 2. The van der Waals surface area contributed by atoms with Crippen molar-refractivity contribution in [3.05, 3.63) is 29.6 Å². The molecular formula is C14H14N2O3. The van der Waals surface area contributed by atoms with Crippen LogP contribution >= 0.6 is 0 Å². The Hall–Kier alpha value is -2.26. The number of nitrogens with one attached hydrogen (secondary N) is 1. The summed E-state index contributed by atoms with van der Waals surface area (Å²) in [5, 5.41) is 1.10. The number of hydrogen-bond donors (Lipinski definition) is 1. The predicted molar refractivity (Wildman–Crippen MR) is 67.3 cm³/mol. The van der Waals surface area contributed by atoms with Crippen LogP contribution in [-0.2, 0) is 20.8 Å². The minimum atomic E-state index is 0.250. The van der Waals surface area contributed by atoms with Gasteiger partial charge in [-0.15, -0.1) is 0 Å². The van der Waals surface area contributed by atoms with Gasteiger partial charge >= 0.3 is 6.15 Å². The highest BCUT2D eigenvalue weighted by molar-refractivity contribution is 5.86. The molecule has 1 aliphatic rings. The molecule has 0 aromatic carbocycles. The summed E-state index contributed by atoms with van der Waals surface area (Å²) in [6.07, 6.45) is 4.76. The molecule has 2 aromatic rings. The second kappa shape index (κ2) is 5.59. The van der Waals surface area contributed by atoms with Crippen LogP contribution in [0.3, 0.4) is 0 Å². The van der Waals surface area contributed by atoms with Crippen LogP contribution in [0.4, 0.5) is 0 Å². The Labute approximate surface area is 110 Å². The number of carbonyl (C=O) groups is 1. The molecule has 0 aliphatic heterocycles. The molecule has 5 nitrogen and oxygen atoms in total. The fourth-order valence-corrected chi connectivity index (χ4v) is 2.05. The van der Waals surface area contributed by atoms with Crippen molar-refractivity contribution in [2.24, 2.45) is 5.92 Å². The maximum absolute atomic E-state index is 11.7. The molecule has 0 spiro atoms. The lowest BCUT2D eigenvalue weighted by molar-refractivity contribution is -0.191. The first-order valence-corrected chi connectivity index (χ1v) is 6.10. The first kappa shape index (κ1) is 13.2. The summed E-state index contributed by atoms with van der Waals surface area (Å²) in [4.78, 5) is 35.4. The van der Waals surface area contributed by atoms with E-state index in [4.69, 9.17) is 9.59 Å². The smallest absolute Gasteiger partial charge is 0.344 e. The highest BCUT2D eigenvalue weighted by Crippen LogP contribution is 2.31. The summed E-state index contributed by atoms with van der Waals surface area (Å²) < 4.78 is 0. The number of rotatable bonds is 3. The third kappa shape index (κ3) is 3.36. The largest absolute Gasteiger partial charge is 0.373 e. The average molecular weight is 258 g/mol. The number of H-pyrrole nitrogens is 1. The van der Waals surface area contributed by atoms with Gasteiger partial charge < -0.3 is 4.98 Å². The van der Waals surface area contributed by atoms with Gasteiger partial charge in [0.2, 0.25) is 0 Å². The van der Waals surface area contributed by atoms with Gasteiger partial charge in [-0.3, -0.25) is 4.79 Å². The molecule has 19 heavy (non-hydrogen) atoms. The van der Waals surface area contributed by atoms with Crippen molar-refractivity contribution in [3.63, 3.8) is 0 Å². The third-order valence-corrected chi connectivity index (χ3v) is 3.07. The molecular weight excluding hydrogens is 244 g/mol. The first-order valence-electron chi connectivity index (χ1n) is 6.10. The van der Waals surface area contributed by atoms with Crippen LogP contribution in [-0.4, -0.2) is 21.9 Å². The van der Waals surface area contributed by atoms with Crippen LogP contribution in [0, 0.1) is 12.8 Å². The summed E-state index contributed by atoms with van der Waals surface area (Å²) in [5.41, 5.74) is 3.04. The van der Waals surface area contributed by atoms with E-state index in [0.717, 1.165) is 35.1 Å². The fourth-order valence-electron chi connectivity index (χ4n) is 2.05. The number of Topliss-reactive ketones (excluding diaryl/α,β-unsaturated/α-hetero) is 1. The summed E-state index contributed by atoms with van der Waals surface area (Å²) in [5.74, 6) is 0.706. The molecule has 1 fully saturated rings. The van der Waals surface area contributed by atoms with Gasteiger partial charge in [0.15, 0.2) is 0 Å². The van der Waals surface area contributed by atoms with E-state index < -0.39 is 0 Å². The Kier molecular flexibility index (Phi) is 3.88. The Morgan fingerprint density at radius 1 is 1.42 bits per heavy atom. The molecule has 0 unspecified atom stereocenters. The normalized spacial score (nSPS) is 13.5. The maximum atomic E-state index is 11.7. The van der Waals surface area contributed by atoms with E-state index >= 15 is 0 Å². The van der Waals surface area contributed by atoms with E-state index in [1.807, 2.05) is 6.92 Å². The summed E-state index contributed by atoms with van der Waals surface area (Å²) >= 11 is 0. The maximum Gasteiger partial charge on any atom is 0.373 e. The Morgan fingerprint density at radius 2 is 2.11 bits per heavy atom. The van der Waals surface area contributed by atoms with E-state index in [-0.39, 0.29) is 6.15 Å². The first-order chi connectivity index (χ1) is 9.13. The van der Waals surface area contributed by atoms with Gasteiger partial charge in [-0.2, -0.15) is 9.59 Å². The van der Waals surface area contributed by atoms with Crippen molar-refractivity contribution in [1.29, 1.82) is 0 Å². The zero-order valence-corrected chi connectivity index (χ0v) is 10.6. The van der Waals surface area contributed by atoms with E-state index in [1.165, 1.54) is 0 Å². The van der Waals surface area contributed by atoms with Crippen LogP contribution in [0.5, 0.6) is 0 Å². The molecule has 2 aromatic heterocycles. The monoisotopic (exact) mass is 258 g/mol. The number of aryl methyl sites for hydroxylation is 1. The molecule has 98 valence electrons. The van der Waals surface area contributed by atoms with Crippen molar-refractivity contribution in [1.82, 2.24) is 9.97 Å². The number of ketones is 1. The molecule has 3 rings (SSSR count). The zero-order valence-electron chi connectivity index (χ0n) is 10.6. The highest BCUT2D eigenvalue weighted by Gasteiger charge is 2.29. The standard InChI is InChI=1S/C13H14N2O.CO2/c1-8-4-11-5-9(7-14-13(11)15-8)6-12(16)10-2-3-10;2-1-3/h4-5,7,10H,2-3,6H2,1H3,(H,14,15);. The van der Waals surface area contributed by atoms with Crippen LogP contribution < -0.4 is 0 Å². The van der Waals surface area contributed by atoms with E-state index in [1.54, 1.807) is 6.20 Å². The third-order valence-electron chi connectivity index (χ3n) is 3.07. The van der Waals surface area contributed by atoms with Crippen LogP contribution in [0.2, 0.25) is 0 Å². The van der Waals surface area contributed by atoms with E-state index in [0.29, 0.717) is 18.1 Å². The zero-order chi connectivity index (χ0) is 13.8. The minimum absolute atomic E-state index is 0.250. The number of fused-ring (bicyclic) bond motifs is 1. The molecule has 0 atom stereocenters. The van der Waals surface area contributed by atoms with E-state index in [2.05, 4.69) is 22.1 Å². The Bertz CT molecular complexity index is 635.